The molecule has 0 aromatic rings. The summed E-state index contributed by atoms with van der Waals surface area (Å²) in [7, 11) is 0. The largest absolute Gasteiger partial charge is 0.441 e. The van der Waals surface area contributed by atoms with Crippen LogP contribution in [0.2, 0.25) is 0 Å². The lowest BCUT2D eigenvalue weighted by atomic mass is 10.2. The van der Waals surface area contributed by atoms with E-state index >= 15 is 0 Å². The Morgan fingerprint density at radius 1 is 1.07 bits per heavy atom. The maximum absolute atomic E-state index is 11.7. The second kappa shape index (κ2) is 8.05. The molecule has 0 bridgehead atoms. The van der Waals surface area contributed by atoms with Gasteiger partial charge in [0.1, 0.15) is 0 Å². The Balaban J connectivity index is 3.23. The summed E-state index contributed by atoms with van der Waals surface area (Å²) in [6.07, 6.45) is 4.14. The summed E-state index contributed by atoms with van der Waals surface area (Å²) < 4.78 is 35.0. The first kappa shape index (κ1) is 13.7. The van der Waals surface area contributed by atoms with Gasteiger partial charge in [-0.1, -0.05) is 25.1 Å². The van der Waals surface area contributed by atoms with Crippen molar-refractivity contribution in [2.45, 2.75) is 44.5 Å². The minimum absolute atomic E-state index is 0.0341. The van der Waals surface area contributed by atoms with Gasteiger partial charge in [-0.2, -0.15) is 13.2 Å². The van der Waals surface area contributed by atoms with Crippen LogP contribution in [0.1, 0.15) is 39.0 Å². The van der Waals surface area contributed by atoms with E-state index in [1.54, 1.807) is 0 Å². The van der Waals surface area contributed by atoms with Gasteiger partial charge < -0.3 is 0 Å². The Labute approximate surface area is 87.6 Å². The molecule has 0 radical (unpaired) electrons. The van der Waals surface area contributed by atoms with Gasteiger partial charge in [-0.3, -0.25) is 0 Å². The van der Waals surface area contributed by atoms with E-state index in [0.717, 1.165) is 19.3 Å². The first-order valence-electron chi connectivity index (χ1n) is 4.72. The molecular formula is C10H15F3S. The van der Waals surface area contributed by atoms with Gasteiger partial charge in [0.2, 0.25) is 0 Å². The molecule has 0 saturated carbocycles. The normalized spacial score (nSPS) is 10.9. The fourth-order valence-electron chi connectivity index (χ4n) is 0.790. The van der Waals surface area contributed by atoms with Crippen LogP contribution in [0.3, 0.4) is 0 Å². The second-order valence-electron chi connectivity index (χ2n) is 2.85. The van der Waals surface area contributed by atoms with Crippen molar-refractivity contribution in [3.8, 4) is 11.8 Å². The Morgan fingerprint density at radius 2 is 1.64 bits per heavy atom. The molecular weight excluding hydrogens is 209 g/mol. The summed E-state index contributed by atoms with van der Waals surface area (Å²) in [5.74, 6) is 5.94. The molecule has 0 fully saturated rings. The van der Waals surface area contributed by atoms with Gasteiger partial charge in [-0.15, -0.1) is 11.8 Å². The zero-order chi connectivity index (χ0) is 10.9. The van der Waals surface area contributed by atoms with E-state index in [4.69, 9.17) is 0 Å². The molecule has 14 heavy (non-hydrogen) atoms. The maximum atomic E-state index is 11.7. The molecule has 0 atom stereocenters. The Morgan fingerprint density at radius 3 is 2.14 bits per heavy atom. The highest BCUT2D eigenvalue weighted by molar-refractivity contribution is 8.00. The van der Waals surface area contributed by atoms with E-state index in [9.17, 15) is 13.2 Å². The molecule has 0 N–H and O–H groups in total. The van der Waals surface area contributed by atoms with Crippen molar-refractivity contribution in [3.05, 3.63) is 0 Å². The van der Waals surface area contributed by atoms with Gasteiger partial charge in [0.05, 0.1) is 0 Å². The Hall–Kier alpha value is -0.300. The van der Waals surface area contributed by atoms with Gasteiger partial charge >= 0.3 is 5.51 Å². The monoisotopic (exact) mass is 224 g/mol. The molecule has 0 aliphatic heterocycles. The summed E-state index contributed by atoms with van der Waals surface area (Å²) in [5, 5.41) is 0. The minimum atomic E-state index is -4.09. The van der Waals surface area contributed by atoms with Crippen LogP contribution in [0.5, 0.6) is 0 Å². The third-order valence-corrected chi connectivity index (χ3v) is 2.31. The fraction of sp³-hybridized carbons (Fsp3) is 0.800. The summed E-state index contributed by atoms with van der Waals surface area (Å²) in [4.78, 5) is 0. The quantitative estimate of drug-likeness (QED) is 0.498. The van der Waals surface area contributed by atoms with Crippen molar-refractivity contribution in [2.75, 3.05) is 5.75 Å². The average molecular weight is 224 g/mol. The van der Waals surface area contributed by atoms with Crippen molar-refractivity contribution in [1.82, 2.24) is 0 Å². The molecule has 0 amide bonds. The second-order valence-corrected chi connectivity index (χ2v) is 4.01. The van der Waals surface area contributed by atoms with Crippen molar-refractivity contribution >= 4 is 11.8 Å². The molecule has 4 heteroatoms. The Kier molecular flexibility index (Phi) is 7.87. The van der Waals surface area contributed by atoms with Crippen molar-refractivity contribution in [2.24, 2.45) is 0 Å². The SMILES string of the molecule is CCCCC#CCCCSC(F)(F)F. The van der Waals surface area contributed by atoms with Crippen molar-refractivity contribution < 1.29 is 13.2 Å². The highest BCUT2D eigenvalue weighted by atomic mass is 32.2. The van der Waals surface area contributed by atoms with E-state index in [1.807, 2.05) is 0 Å². The molecule has 0 aromatic heterocycles. The van der Waals surface area contributed by atoms with Gasteiger partial charge in [0.15, 0.2) is 0 Å². The standard InChI is InChI=1S/C10H15F3S/c1-2-3-4-5-6-7-8-9-14-10(11,12)13/h2-4,7-9H2,1H3. The number of halogens is 3. The third kappa shape index (κ3) is 11.7. The molecule has 0 unspecified atom stereocenters. The van der Waals surface area contributed by atoms with Crippen molar-refractivity contribution in [3.63, 3.8) is 0 Å². The third-order valence-electron chi connectivity index (χ3n) is 1.49. The summed E-state index contributed by atoms with van der Waals surface area (Å²) in [6.45, 7) is 2.08. The number of hydrogen-bond donors (Lipinski definition) is 0. The number of hydrogen-bond acceptors (Lipinski definition) is 1. The first-order valence-corrected chi connectivity index (χ1v) is 5.71. The minimum Gasteiger partial charge on any atom is -0.160 e. The molecule has 0 spiro atoms. The highest BCUT2D eigenvalue weighted by Crippen LogP contribution is 2.30. The first-order chi connectivity index (χ1) is 6.56. The molecule has 0 aliphatic rings. The fourth-order valence-corrected chi connectivity index (χ4v) is 1.31. The van der Waals surface area contributed by atoms with Crippen LogP contribution < -0.4 is 0 Å². The Bertz CT molecular complexity index is 188. The van der Waals surface area contributed by atoms with Crippen LogP contribution in [0.25, 0.3) is 0 Å². The lowest BCUT2D eigenvalue weighted by molar-refractivity contribution is -0.0327. The van der Waals surface area contributed by atoms with Crippen LogP contribution in [-0.4, -0.2) is 11.3 Å². The molecule has 0 aromatic carbocycles. The zero-order valence-corrected chi connectivity index (χ0v) is 9.10. The van der Waals surface area contributed by atoms with E-state index in [-0.39, 0.29) is 17.5 Å². The molecule has 0 nitrogen and oxygen atoms in total. The highest BCUT2D eigenvalue weighted by Gasteiger charge is 2.27. The molecule has 0 aliphatic carbocycles. The lowest BCUT2D eigenvalue weighted by Crippen LogP contribution is -2.00. The van der Waals surface area contributed by atoms with Crippen molar-refractivity contribution in [1.29, 1.82) is 0 Å². The van der Waals surface area contributed by atoms with E-state index in [2.05, 4.69) is 18.8 Å². The lowest BCUT2D eigenvalue weighted by Gasteiger charge is -2.02. The summed E-state index contributed by atoms with van der Waals surface area (Å²) in [6, 6.07) is 0. The molecule has 82 valence electrons. The van der Waals surface area contributed by atoms with Crippen LogP contribution in [0.15, 0.2) is 0 Å². The topological polar surface area (TPSA) is 0 Å². The number of unbranched alkanes of at least 4 members (excludes halogenated alkanes) is 3. The average Bonchev–Trinajstić information content (AvgIpc) is 2.08. The predicted molar refractivity (Wildman–Crippen MR) is 55.0 cm³/mol. The predicted octanol–water partition coefficient (Wildman–Crippen LogP) is 4.21. The smallest absolute Gasteiger partial charge is 0.160 e. The van der Waals surface area contributed by atoms with Gasteiger partial charge in [0, 0.05) is 18.6 Å². The van der Waals surface area contributed by atoms with E-state index in [0.29, 0.717) is 12.8 Å². The summed E-state index contributed by atoms with van der Waals surface area (Å²) in [5.41, 5.74) is -4.09. The molecule has 0 rings (SSSR count). The van der Waals surface area contributed by atoms with E-state index in [1.165, 1.54) is 0 Å². The number of rotatable bonds is 5. The van der Waals surface area contributed by atoms with Gasteiger partial charge in [-0.25, -0.2) is 0 Å². The number of alkyl halides is 3. The van der Waals surface area contributed by atoms with Gasteiger partial charge in [0.25, 0.3) is 0 Å². The van der Waals surface area contributed by atoms with Crippen LogP contribution in [0, 0.1) is 11.8 Å². The zero-order valence-electron chi connectivity index (χ0n) is 8.28. The van der Waals surface area contributed by atoms with E-state index < -0.39 is 5.51 Å². The van der Waals surface area contributed by atoms with Crippen LogP contribution >= 0.6 is 11.8 Å². The van der Waals surface area contributed by atoms with Crippen LogP contribution in [-0.2, 0) is 0 Å². The van der Waals surface area contributed by atoms with Gasteiger partial charge in [-0.05, 0) is 12.8 Å². The molecule has 0 saturated heterocycles. The maximum Gasteiger partial charge on any atom is 0.441 e. The molecule has 0 heterocycles. The number of thioether (sulfide) groups is 1. The summed E-state index contributed by atoms with van der Waals surface area (Å²) >= 11 is 0.0341. The van der Waals surface area contributed by atoms with Crippen LogP contribution in [0.4, 0.5) is 13.2 Å².